The molecule has 2 saturated carbocycles. The van der Waals surface area contributed by atoms with Crippen LogP contribution in [0, 0.1) is 23.7 Å². The first-order valence-corrected chi connectivity index (χ1v) is 4.72. The Morgan fingerprint density at radius 2 is 1.55 bits per heavy atom. The molecule has 0 aromatic rings. The third kappa shape index (κ3) is 0.652. The number of hydrogen-bond donors (Lipinski definition) is 1. The molecule has 0 heterocycles. The summed E-state index contributed by atoms with van der Waals surface area (Å²) in [5.74, 6) is 2.70. The maximum Gasteiger partial charge on any atom is 0.0607 e. The van der Waals surface area contributed by atoms with Gasteiger partial charge in [0.15, 0.2) is 0 Å². The standard InChI is InChI=1S/C10H14O/c11-10-8-3-4-9(10)7-2-1-6(8)5-7/h1-2,6-11H,3-5H2/t6-,7+,8-,9+,10?. The van der Waals surface area contributed by atoms with E-state index in [1.165, 1.54) is 19.3 Å². The second kappa shape index (κ2) is 1.89. The van der Waals surface area contributed by atoms with Crippen molar-refractivity contribution in [3.63, 3.8) is 0 Å². The minimum Gasteiger partial charge on any atom is -0.393 e. The van der Waals surface area contributed by atoms with E-state index < -0.39 is 0 Å². The molecule has 3 rings (SSSR count). The summed E-state index contributed by atoms with van der Waals surface area (Å²) in [5, 5.41) is 9.85. The average molecular weight is 150 g/mol. The Balaban J connectivity index is 2.02. The summed E-state index contributed by atoms with van der Waals surface area (Å²) in [5.41, 5.74) is 0. The predicted molar refractivity (Wildman–Crippen MR) is 43.0 cm³/mol. The van der Waals surface area contributed by atoms with Crippen LogP contribution < -0.4 is 0 Å². The maximum atomic E-state index is 9.85. The van der Waals surface area contributed by atoms with Crippen molar-refractivity contribution in [2.45, 2.75) is 25.4 Å². The molecule has 11 heavy (non-hydrogen) atoms. The molecule has 0 amide bonds. The van der Waals surface area contributed by atoms with Gasteiger partial charge in [-0.2, -0.15) is 0 Å². The van der Waals surface area contributed by atoms with E-state index in [-0.39, 0.29) is 6.10 Å². The topological polar surface area (TPSA) is 20.2 Å². The second-order valence-electron chi connectivity index (χ2n) is 4.34. The van der Waals surface area contributed by atoms with Crippen LogP contribution in [0.5, 0.6) is 0 Å². The van der Waals surface area contributed by atoms with Crippen LogP contribution in [0.1, 0.15) is 19.3 Å². The molecule has 0 aromatic heterocycles. The fourth-order valence-corrected chi connectivity index (χ4v) is 3.37. The molecule has 1 heteroatoms. The van der Waals surface area contributed by atoms with Crippen LogP contribution in [0.4, 0.5) is 0 Å². The maximum absolute atomic E-state index is 9.85. The lowest BCUT2D eigenvalue weighted by molar-refractivity contribution is 0.0287. The third-order valence-corrected chi connectivity index (χ3v) is 3.96. The van der Waals surface area contributed by atoms with Gasteiger partial charge >= 0.3 is 0 Å². The molecule has 0 spiro atoms. The van der Waals surface area contributed by atoms with Crippen LogP contribution in [0.25, 0.3) is 0 Å². The molecule has 0 aromatic carbocycles. The van der Waals surface area contributed by atoms with Gasteiger partial charge in [0.2, 0.25) is 0 Å². The van der Waals surface area contributed by atoms with E-state index in [0.29, 0.717) is 11.8 Å². The molecule has 1 nitrogen and oxygen atoms in total. The average Bonchev–Trinajstić information content (AvgIpc) is 2.42. The molecule has 1 N–H and O–H groups in total. The number of aliphatic hydroxyl groups is 1. The van der Waals surface area contributed by atoms with Gasteiger partial charge in [0.05, 0.1) is 6.10 Å². The SMILES string of the molecule is OC1[C@H]2CC[C@@H]1[C@@H]1C=C[C@H]2C1. The van der Waals surface area contributed by atoms with Crippen molar-refractivity contribution in [1.82, 2.24) is 0 Å². The molecule has 0 saturated heterocycles. The van der Waals surface area contributed by atoms with Crippen molar-refractivity contribution in [1.29, 1.82) is 0 Å². The molecular weight excluding hydrogens is 136 g/mol. The lowest BCUT2D eigenvalue weighted by atomic mass is 9.76. The van der Waals surface area contributed by atoms with Gasteiger partial charge in [0.25, 0.3) is 0 Å². The van der Waals surface area contributed by atoms with Crippen LogP contribution in [0.3, 0.4) is 0 Å². The Morgan fingerprint density at radius 1 is 1.00 bits per heavy atom. The van der Waals surface area contributed by atoms with Crippen LogP contribution >= 0.6 is 0 Å². The van der Waals surface area contributed by atoms with E-state index in [9.17, 15) is 5.11 Å². The first-order valence-electron chi connectivity index (χ1n) is 4.72. The van der Waals surface area contributed by atoms with Gasteiger partial charge in [-0.25, -0.2) is 0 Å². The van der Waals surface area contributed by atoms with Crippen molar-refractivity contribution in [3.8, 4) is 0 Å². The number of allylic oxidation sites excluding steroid dienone is 2. The van der Waals surface area contributed by atoms with Crippen molar-refractivity contribution in [2.75, 3.05) is 0 Å². The largest absolute Gasteiger partial charge is 0.393 e. The summed E-state index contributed by atoms with van der Waals surface area (Å²) < 4.78 is 0. The summed E-state index contributed by atoms with van der Waals surface area (Å²) >= 11 is 0. The Morgan fingerprint density at radius 3 is 2.09 bits per heavy atom. The number of aliphatic hydroxyl groups excluding tert-OH is 1. The van der Waals surface area contributed by atoms with Crippen LogP contribution in [0.15, 0.2) is 12.2 Å². The van der Waals surface area contributed by atoms with Gasteiger partial charge in [-0.3, -0.25) is 0 Å². The molecule has 3 aliphatic rings. The first kappa shape index (κ1) is 6.24. The highest BCUT2D eigenvalue weighted by molar-refractivity contribution is 5.14. The lowest BCUT2D eigenvalue weighted by Crippen LogP contribution is -2.33. The summed E-state index contributed by atoms with van der Waals surface area (Å²) in [6.07, 6.45) is 8.62. The Kier molecular flexibility index (Phi) is 1.07. The number of hydrogen-bond acceptors (Lipinski definition) is 1. The smallest absolute Gasteiger partial charge is 0.0607 e. The Bertz CT molecular complexity index is 189. The molecular formula is C10H14O. The van der Waals surface area contributed by atoms with E-state index in [1.54, 1.807) is 0 Å². The fourth-order valence-electron chi connectivity index (χ4n) is 3.37. The van der Waals surface area contributed by atoms with E-state index in [1.807, 2.05) is 0 Å². The third-order valence-electron chi connectivity index (χ3n) is 3.96. The van der Waals surface area contributed by atoms with Crippen LogP contribution in [-0.4, -0.2) is 11.2 Å². The first-order chi connectivity index (χ1) is 5.36. The summed E-state index contributed by atoms with van der Waals surface area (Å²) in [7, 11) is 0. The molecule has 0 radical (unpaired) electrons. The van der Waals surface area contributed by atoms with Crippen molar-refractivity contribution in [2.24, 2.45) is 23.7 Å². The molecule has 2 fully saturated rings. The minimum atomic E-state index is 0.0359. The number of fused-ring (bicyclic) bond motifs is 6. The molecule has 60 valence electrons. The highest BCUT2D eigenvalue weighted by atomic mass is 16.3. The zero-order valence-corrected chi connectivity index (χ0v) is 6.61. The van der Waals surface area contributed by atoms with Crippen LogP contribution in [-0.2, 0) is 0 Å². The van der Waals surface area contributed by atoms with E-state index >= 15 is 0 Å². The summed E-state index contributed by atoms with van der Waals surface area (Å²) in [4.78, 5) is 0. The normalized spacial score (nSPS) is 58.8. The highest BCUT2D eigenvalue weighted by Crippen LogP contribution is 2.52. The van der Waals surface area contributed by atoms with Crippen molar-refractivity contribution >= 4 is 0 Å². The zero-order chi connectivity index (χ0) is 7.42. The van der Waals surface area contributed by atoms with Crippen molar-refractivity contribution < 1.29 is 5.11 Å². The minimum absolute atomic E-state index is 0.0359. The van der Waals surface area contributed by atoms with Gasteiger partial charge in [-0.05, 0) is 42.9 Å². The molecule has 0 aliphatic heterocycles. The van der Waals surface area contributed by atoms with Gasteiger partial charge in [-0.15, -0.1) is 0 Å². The van der Waals surface area contributed by atoms with E-state index in [4.69, 9.17) is 0 Å². The monoisotopic (exact) mass is 150 g/mol. The van der Waals surface area contributed by atoms with Gasteiger partial charge < -0.3 is 5.11 Å². The van der Waals surface area contributed by atoms with Gasteiger partial charge in [0.1, 0.15) is 0 Å². The van der Waals surface area contributed by atoms with Gasteiger partial charge in [0, 0.05) is 0 Å². The highest BCUT2D eigenvalue weighted by Gasteiger charge is 2.48. The quantitative estimate of drug-likeness (QED) is 0.520. The predicted octanol–water partition coefficient (Wildman–Crippen LogP) is 1.58. The number of rotatable bonds is 0. The molecule has 3 aliphatic carbocycles. The Labute approximate surface area is 67.1 Å². The lowest BCUT2D eigenvalue weighted by Gasteiger charge is -2.32. The fraction of sp³-hybridized carbons (Fsp3) is 0.800. The van der Waals surface area contributed by atoms with Crippen molar-refractivity contribution in [3.05, 3.63) is 12.2 Å². The second-order valence-corrected chi connectivity index (χ2v) is 4.34. The summed E-state index contributed by atoms with van der Waals surface area (Å²) in [6.45, 7) is 0. The zero-order valence-electron chi connectivity index (χ0n) is 6.61. The molecule has 4 bridgehead atoms. The van der Waals surface area contributed by atoms with Gasteiger partial charge in [-0.1, -0.05) is 12.2 Å². The van der Waals surface area contributed by atoms with Crippen LogP contribution in [0.2, 0.25) is 0 Å². The Hall–Kier alpha value is -0.300. The molecule has 5 atom stereocenters. The van der Waals surface area contributed by atoms with E-state index in [0.717, 1.165) is 11.8 Å². The van der Waals surface area contributed by atoms with E-state index in [2.05, 4.69) is 12.2 Å². The summed E-state index contributed by atoms with van der Waals surface area (Å²) in [6, 6.07) is 0. The molecule has 1 unspecified atom stereocenters.